The van der Waals surface area contributed by atoms with Gasteiger partial charge in [-0.3, -0.25) is 0 Å². The van der Waals surface area contributed by atoms with Gasteiger partial charge in [0.1, 0.15) is 11.9 Å². The number of hydrogen-bond acceptors (Lipinski definition) is 1. The van der Waals surface area contributed by atoms with Crippen LogP contribution in [0.15, 0.2) is 59.1 Å². The summed E-state index contributed by atoms with van der Waals surface area (Å²) in [7, 11) is 0. The summed E-state index contributed by atoms with van der Waals surface area (Å²) in [5.41, 5.74) is 2.60. The second-order valence-electron chi connectivity index (χ2n) is 5.09. The zero-order valence-corrected chi connectivity index (χ0v) is 13.1. The maximum Gasteiger partial charge on any atom is 0.131 e. The quantitative estimate of drug-likeness (QED) is 0.683. The minimum Gasteiger partial charge on any atom is -0.384 e. The van der Waals surface area contributed by atoms with Crippen molar-refractivity contribution in [2.75, 3.05) is 0 Å². The number of halogens is 2. The van der Waals surface area contributed by atoms with Gasteiger partial charge in [-0.05, 0) is 41.1 Å². The van der Waals surface area contributed by atoms with Crippen molar-refractivity contribution in [1.82, 2.24) is 0 Å². The van der Waals surface area contributed by atoms with E-state index < -0.39 is 6.10 Å². The number of hydrogen-bond donors (Lipinski definition) is 1. The molecule has 1 atom stereocenters. The average Bonchev–Trinajstić information content (AvgIpc) is 2.50. The molecule has 1 unspecified atom stereocenters. The van der Waals surface area contributed by atoms with Crippen molar-refractivity contribution in [2.24, 2.45) is 0 Å². The molecule has 0 heterocycles. The molecule has 106 valence electrons. The molecule has 1 nitrogen and oxygen atoms in total. The fourth-order valence-electron chi connectivity index (χ4n) is 2.48. The van der Waals surface area contributed by atoms with E-state index in [1.807, 2.05) is 37.3 Å². The summed E-state index contributed by atoms with van der Waals surface area (Å²) in [4.78, 5) is 0. The molecule has 1 N–H and O–H groups in total. The Morgan fingerprint density at radius 3 is 2.43 bits per heavy atom. The third kappa shape index (κ3) is 2.59. The van der Waals surface area contributed by atoms with Crippen molar-refractivity contribution < 1.29 is 9.50 Å². The van der Waals surface area contributed by atoms with Gasteiger partial charge in [-0.15, -0.1) is 0 Å². The number of aliphatic hydroxyl groups is 1. The minimum atomic E-state index is -0.785. The average molecular weight is 345 g/mol. The highest BCUT2D eigenvalue weighted by atomic mass is 79.9. The first-order valence-corrected chi connectivity index (χ1v) is 7.48. The fraction of sp³-hybridized carbons (Fsp3) is 0.111. The first-order valence-electron chi connectivity index (χ1n) is 6.69. The predicted octanol–water partition coefficient (Wildman–Crippen LogP) is 5.13. The van der Waals surface area contributed by atoms with E-state index in [4.69, 9.17) is 0 Å². The molecule has 0 spiro atoms. The van der Waals surface area contributed by atoms with Crippen LogP contribution in [0.1, 0.15) is 22.8 Å². The lowest BCUT2D eigenvalue weighted by atomic mass is 9.95. The third-order valence-corrected chi connectivity index (χ3v) is 4.57. The smallest absolute Gasteiger partial charge is 0.131 e. The topological polar surface area (TPSA) is 20.2 Å². The molecule has 0 bridgehead atoms. The molecule has 21 heavy (non-hydrogen) atoms. The minimum absolute atomic E-state index is 0.272. The molecule has 3 aromatic carbocycles. The Labute approximate surface area is 131 Å². The zero-order valence-electron chi connectivity index (χ0n) is 11.5. The Bertz CT molecular complexity index is 813. The second kappa shape index (κ2) is 5.58. The molecule has 0 saturated carbocycles. The van der Waals surface area contributed by atoms with Gasteiger partial charge >= 0.3 is 0 Å². The summed E-state index contributed by atoms with van der Waals surface area (Å²) >= 11 is 3.48. The lowest BCUT2D eigenvalue weighted by Crippen LogP contribution is -2.01. The largest absolute Gasteiger partial charge is 0.384 e. The molecular formula is C18H14BrFO. The normalized spacial score (nSPS) is 12.6. The van der Waals surface area contributed by atoms with Crippen molar-refractivity contribution >= 4 is 26.7 Å². The van der Waals surface area contributed by atoms with Crippen molar-refractivity contribution in [3.63, 3.8) is 0 Å². The molecule has 0 aliphatic carbocycles. The van der Waals surface area contributed by atoms with Crippen LogP contribution in [-0.4, -0.2) is 5.11 Å². The SMILES string of the molecule is Cc1ccc(C(O)c2ccc(F)c3ccccc23)cc1Br. The van der Waals surface area contributed by atoms with Crippen molar-refractivity contribution in [3.05, 3.63) is 81.6 Å². The van der Waals surface area contributed by atoms with Crippen LogP contribution in [0, 0.1) is 12.7 Å². The summed E-state index contributed by atoms with van der Waals surface area (Å²) in [6.45, 7) is 1.99. The number of benzene rings is 3. The third-order valence-electron chi connectivity index (χ3n) is 3.71. The maximum atomic E-state index is 13.9. The van der Waals surface area contributed by atoms with E-state index in [0.29, 0.717) is 10.9 Å². The van der Waals surface area contributed by atoms with Gasteiger partial charge in [-0.1, -0.05) is 58.4 Å². The highest BCUT2D eigenvalue weighted by molar-refractivity contribution is 9.10. The van der Waals surface area contributed by atoms with Gasteiger partial charge in [-0.2, -0.15) is 0 Å². The van der Waals surface area contributed by atoms with Gasteiger partial charge in [0.25, 0.3) is 0 Å². The van der Waals surface area contributed by atoms with Crippen LogP contribution in [0.2, 0.25) is 0 Å². The molecule has 0 aliphatic rings. The zero-order chi connectivity index (χ0) is 15.0. The number of fused-ring (bicyclic) bond motifs is 1. The van der Waals surface area contributed by atoms with E-state index in [0.717, 1.165) is 21.0 Å². The van der Waals surface area contributed by atoms with E-state index in [2.05, 4.69) is 15.9 Å². The molecule has 0 aromatic heterocycles. The molecule has 3 heteroatoms. The summed E-state index contributed by atoms with van der Waals surface area (Å²) in [6, 6.07) is 16.0. The Hall–Kier alpha value is -1.71. The van der Waals surface area contributed by atoms with E-state index in [1.165, 1.54) is 6.07 Å². The van der Waals surface area contributed by atoms with Gasteiger partial charge in [0.2, 0.25) is 0 Å². The van der Waals surface area contributed by atoms with Crippen LogP contribution in [0.5, 0.6) is 0 Å². The highest BCUT2D eigenvalue weighted by Crippen LogP contribution is 2.32. The summed E-state index contributed by atoms with van der Waals surface area (Å²) in [5.74, 6) is -0.272. The number of aliphatic hydroxyl groups excluding tert-OH is 1. The van der Waals surface area contributed by atoms with Crippen LogP contribution in [-0.2, 0) is 0 Å². The van der Waals surface area contributed by atoms with Gasteiger partial charge < -0.3 is 5.11 Å². The Balaban J connectivity index is 2.15. The monoisotopic (exact) mass is 344 g/mol. The molecule has 3 aromatic rings. The van der Waals surface area contributed by atoms with Crippen molar-refractivity contribution in [3.8, 4) is 0 Å². The van der Waals surface area contributed by atoms with Crippen LogP contribution in [0.25, 0.3) is 10.8 Å². The molecule has 3 rings (SSSR count). The standard InChI is InChI=1S/C18H14BrFO/c1-11-6-7-12(10-16(11)19)18(21)15-8-9-17(20)14-5-3-2-4-13(14)15/h2-10,18,21H,1H3. The Morgan fingerprint density at radius 2 is 1.71 bits per heavy atom. The molecule has 0 aliphatic heterocycles. The van der Waals surface area contributed by atoms with Crippen molar-refractivity contribution in [1.29, 1.82) is 0 Å². The molecule has 0 saturated heterocycles. The second-order valence-corrected chi connectivity index (χ2v) is 5.95. The van der Waals surface area contributed by atoms with E-state index in [9.17, 15) is 9.50 Å². The lowest BCUT2D eigenvalue weighted by molar-refractivity contribution is 0.221. The fourth-order valence-corrected chi connectivity index (χ4v) is 2.88. The van der Waals surface area contributed by atoms with Crippen molar-refractivity contribution in [2.45, 2.75) is 13.0 Å². The van der Waals surface area contributed by atoms with Gasteiger partial charge in [0.15, 0.2) is 0 Å². The molecule has 0 amide bonds. The first-order chi connectivity index (χ1) is 10.1. The van der Waals surface area contributed by atoms with Crippen LogP contribution in [0.3, 0.4) is 0 Å². The van der Waals surface area contributed by atoms with Crippen LogP contribution in [0.4, 0.5) is 4.39 Å². The number of aryl methyl sites for hydroxylation is 1. The highest BCUT2D eigenvalue weighted by Gasteiger charge is 2.15. The maximum absolute atomic E-state index is 13.9. The Morgan fingerprint density at radius 1 is 1.00 bits per heavy atom. The summed E-state index contributed by atoms with van der Waals surface area (Å²) in [5, 5.41) is 11.9. The first kappa shape index (κ1) is 14.2. The van der Waals surface area contributed by atoms with Crippen LogP contribution >= 0.6 is 15.9 Å². The summed E-state index contributed by atoms with van der Waals surface area (Å²) < 4.78 is 14.8. The van der Waals surface area contributed by atoms with Gasteiger partial charge in [-0.25, -0.2) is 4.39 Å². The number of rotatable bonds is 2. The lowest BCUT2D eigenvalue weighted by Gasteiger charge is -2.15. The molecular weight excluding hydrogens is 331 g/mol. The van der Waals surface area contributed by atoms with Crippen LogP contribution < -0.4 is 0 Å². The van der Waals surface area contributed by atoms with E-state index in [-0.39, 0.29) is 5.82 Å². The van der Waals surface area contributed by atoms with E-state index in [1.54, 1.807) is 18.2 Å². The summed E-state index contributed by atoms with van der Waals surface area (Å²) in [6.07, 6.45) is -0.785. The molecule has 0 radical (unpaired) electrons. The van der Waals surface area contributed by atoms with E-state index >= 15 is 0 Å². The van der Waals surface area contributed by atoms with Gasteiger partial charge in [0, 0.05) is 9.86 Å². The predicted molar refractivity (Wildman–Crippen MR) is 86.8 cm³/mol. The Kier molecular flexibility index (Phi) is 3.79. The molecule has 0 fully saturated rings. The van der Waals surface area contributed by atoms with Gasteiger partial charge in [0.05, 0.1) is 0 Å².